The molecule has 4 nitrogen and oxygen atoms in total. The second kappa shape index (κ2) is 5.57. The van der Waals surface area contributed by atoms with Gasteiger partial charge in [-0.2, -0.15) is 5.26 Å². The summed E-state index contributed by atoms with van der Waals surface area (Å²) >= 11 is 3.44. The maximum Gasteiger partial charge on any atom is 0.0949 e. The summed E-state index contributed by atoms with van der Waals surface area (Å²) < 4.78 is 2.82. The molecule has 0 aliphatic rings. The molecule has 0 fully saturated rings. The summed E-state index contributed by atoms with van der Waals surface area (Å²) in [6, 6.07) is 8.17. The van der Waals surface area contributed by atoms with E-state index in [9.17, 15) is 10.4 Å². The predicted octanol–water partition coefficient (Wildman–Crippen LogP) is 2.56. The highest BCUT2D eigenvalue weighted by molar-refractivity contribution is 9.10. The second-order valence-electron chi connectivity index (χ2n) is 5.43. The van der Waals surface area contributed by atoms with E-state index in [1.54, 1.807) is 0 Å². The molecule has 1 aromatic carbocycles. The van der Waals surface area contributed by atoms with E-state index >= 15 is 0 Å². The molecule has 5 heteroatoms. The zero-order chi connectivity index (χ0) is 14.9. The summed E-state index contributed by atoms with van der Waals surface area (Å²) in [6.07, 6.45) is 1.07. The lowest BCUT2D eigenvalue weighted by molar-refractivity contribution is 0.0822. The Bertz CT molecular complexity index is 670. The number of hydrogen-bond donors (Lipinski definition) is 2. The van der Waals surface area contributed by atoms with Crippen LogP contribution in [0.3, 0.4) is 0 Å². The lowest BCUT2D eigenvalue weighted by Crippen LogP contribution is -2.19. The molecule has 106 valence electrons. The molecular weight excluding hydrogens is 320 g/mol. The third-order valence-electron chi connectivity index (χ3n) is 3.42. The highest BCUT2D eigenvalue weighted by atomic mass is 79.9. The minimum atomic E-state index is -0.817. The Labute approximate surface area is 126 Å². The average Bonchev–Trinajstić information content (AvgIpc) is 2.77. The van der Waals surface area contributed by atoms with Crippen LogP contribution in [0.25, 0.3) is 10.9 Å². The molecule has 2 aromatic rings. The van der Waals surface area contributed by atoms with Crippen molar-refractivity contribution in [1.82, 2.24) is 4.57 Å². The molecule has 1 unspecified atom stereocenters. The Morgan fingerprint density at radius 3 is 2.75 bits per heavy atom. The number of hydrogen-bond acceptors (Lipinski definition) is 3. The number of rotatable bonds is 4. The van der Waals surface area contributed by atoms with Crippen LogP contribution in [0.1, 0.15) is 19.4 Å². The molecule has 0 spiro atoms. The molecule has 20 heavy (non-hydrogen) atoms. The molecular formula is C15H17BrN2O2. The van der Waals surface area contributed by atoms with E-state index in [2.05, 4.69) is 22.0 Å². The summed E-state index contributed by atoms with van der Waals surface area (Å²) in [7, 11) is 0. The topological polar surface area (TPSA) is 69.2 Å². The highest BCUT2D eigenvalue weighted by Crippen LogP contribution is 2.33. The molecule has 0 aliphatic carbocycles. The largest absolute Gasteiger partial charge is 0.394 e. The molecule has 2 rings (SSSR count). The Morgan fingerprint density at radius 2 is 2.15 bits per heavy atom. The number of nitriles is 1. The van der Waals surface area contributed by atoms with Crippen molar-refractivity contribution in [2.75, 3.05) is 6.61 Å². The van der Waals surface area contributed by atoms with Gasteiger partial charge in [0.2, 0.25) is 0 Å². The van der Waals surface area contributed by atoms with Crippen molar-refractivity contribution in [2.24, 2.45) is 0 Å². The third-order valence-corrected chi connectivity index (χ3v) is 3.91. The van der Waals surface area contributed by atoms with Gasteiger partial charge >= 0.3 is 0 Å². The molecule has 1 atom stereocenters. The maximum absolute atomic E-state index is 9.66. The van der Waals surface area contributed by atoms with Crippen molar-refractivity contribution < 1.29 is 10.2 Å². The van der Waals surface area contributed by atoms with Crippen LogP contribution in [-0.2, 0) is 12.0 Å². The van der Waals surface area contributed by atoms with Gasteiger partial charge in [0.05, 0.1) is 30.7 Å². The molecule has 2 N–H and O–H groups in total. The zero-order valence-electron chi connectivity index (χ0n) is 11.5. The van der Waals surface area contributed by atoms with E-state index < -0.39 is 11.5 Å². The summed E-state index contributed by atoms with van der Waals surface area (Å²) in [6.45, 7) is 3.75. The summed E-state index contributed by atoms with van der Waals surface area (Å²) in [5.41, 5.74) is 1.25. The highest BCUT2D eigenvalue weighted by Gasteiger charge is 2.25. The van der Waals surface area contributed by atoms with Gasteiger partial charge in [0.15, 0.2) is 0 Å². The molecule has 1 aromatic heterocycles. The van der Waals surface area contributed by atoms with Gasteiger partial charge in [0, 0.05) is 21.6 Å². The van der Waals surface area contributed by atoms with Gasteiger partial charge in [-0.25, -0.2) is 0 Å². The van der Waals surface area contributed by atoms with E-state index in [1.807, 2.05) is 42.8 Å². The average molecular weight is 337 g/mol. The van der Waals surface area contributed by atoms with Crippen LogP contribution in [0.4, 0.5) is 0 Å². The monoisotopic (exact) mass is 336 g/mol. The van der Waals surface area contributed by atoms with Gasteiger partial charge in [-0.1, -0.05) is 22.0 Å². The molecule has 0 saturated heterocycles. The van der Waals surface area contributed by atoms with Crippen molar-refractivity contribution in [3.05, 3.63) is 34.4 Å². The SMILES string of the molecule is CC(C)(C#N)c1cn(CC(O)CO)c2cc(Br)ccc12. The van der Waals surface area contributed by atoms with Gasteiger partial charge in [0.25, 0.3) is 0 Å². The van der Waals surface area contributed by atoms with Crippen molar-refractivity contribution in [3.8, 4) is 6.07 Å². The lowest BCUT2D eigenvalue weighted by Gasteiger charge is -2.14. The number of aliphatic hydroxyl groups is 2. The first-order valence-corrected chi connectivity index (χ1v) is 7.17. The van der Waals surface area contributed by atoms with Crippen LogP contribution < -0.4 is 0 Å². The fourth-order valence-electron chi connectivity index (χ4n) is 2.26. The second-order valence-corrected chi connectivity index (χ2v) is 6.35. The third kappa shape index (κ3) is 2.73. The predicted molar refractivity (Wildman–Crippen MR) is 81.4 cm³/mol. The van der Waals surface area contributed by atoms with E-state index in [0.29, 0.717) is 6.54 Å². The first-order chi connectivity index (χ1) is 9.39. The quantitative estimate of drug-likeness (QED) is 0.901. The Hall–Kier alpha value is -1.35. The smallest absolute Gasteiger partial charge is 0.0949 e. The fourth-order valence-corrected chi connectivity index (χ4v) is 2.61. The standard InChI is InChI=1S/C15H17BrN2O2/c1-15(2,9-17)13-7-18(6-11(20)8-19)14-5-10(16)3-4-12(13)14/h3-5,7,11,19-20H,6,8H2,1-2H3. The number of halogens is 1. The molecule has 0 amide bonds. The molecule has 1 heterocycles. The normalized spacial score (nSPS) is 13.4. The lowest BCUT2D eigenvalue weighted by atomic mass is 9.86. The van der Waals surface area contributed by atoms with Crippen molar-refractivity contribution in [3.63, 3.8) is 0 Å². The van der Waals surface area contributed by atoms with Gasteiger partial charge < -0.3 is 14.8 Å². The van der Waals surface area contributed by atoms with E-state index in [0.717, 1.165) is 20.9 Å². The number of aliphatic hydroxyl groups excluding tert-OH is 2. The molecule has 0 aliphatic heterocycles. The summed E-state index contributed by atoms with van der Waals surface area (Å²) in [5.74, 6) is 0. The Balaban J connectivity index is 2.64. The number of aromatic nitrogens is 1. The number of benzene rings is 1. The first-order valence-electron chi connectivity index (χ1n) is 6.38. The van der Waals surface area contributed by atoms with E-state index in [4.69, 9.17) is 5.11 Å². The van der Waals surface area contributed by atoms with Crippen LogP contribution >= 0.6 is 15.9 Å². The van der Waals surface area contributed by atoms with Gasteiger partial charge in [-0.05, 0) is 31.5 Å². The van der Waals surface area contributed by atoms with Crippen LogP contribution in [-0.4, -0.2) is 27.5 Å². The summed E-state index contributed by atoms with van der Waals surface area (Å²) in [4.78, 5) is 0. The van der Waals surface area contributed by atoms with Crippen LogP contribution in [0, 0.1) is 11.3 Å². The van der Waals surface area contributed by atoms with E-state index in [-0.39, 0.29) is 6.61 Å². The minimum absolute atomic E-state index is 0.287. The van der Waals surface area contributed by atoms with Crippen LogP contribution in [0.15, 0.2) is 28.9 Å². The minimum Gasteiger partial charge on any atom is -0.394 e. The van der Waals surface area contributed by atoms with Crippen molar-refractivity contribution in [2.45, 2.75) is 31.9 Å². The Kier molecular flexibility index (Phi) is 4.19. The Morgan fingerprint density at radius 1 is 1.45 bits per heavy atom. The van der Waals surface area contributed by atoms with Crippen molar-refractivity contribution in [1.29, 1.82) is 5.26 Å². The molecule has 0 saturated carbocycles. The van der Waals surface area contributed by atoms with Gasteiger partial charge in [-0.15, -0.1) is 0 Å². The maximum atomic E-state index is 9.66. The van der Waals surface area contributed by atoms with Crippen LogP contribution in [0.5, 0.6) is 0 Å². The van der Waals surface area contributed by atoms with Crippen molar-refractivity contribution >= 4 is 26.8 Å². The van der Waals surface area contributed by atoms with Gasteiger partial charge in [-0.3, -0.25) is 0 Å². The van der Waals surface area contributed by atoms with Crippen LogP contribution in [0.2, 0.25) is 0 Å². The fraction of sp³-hybridized carbons (Fsp3) is 0.400. The molecule has 0 radical (unpaired) electrons. The zero-order valence-corrected chi connectivity index (χ0v) is 13.1. The summed E-state index contributed by atoms with van der Waals surface area (Å²) in [5, 5.41) is 29.0. The first kappa shape index (κ1) is 15.0. The number of nitrogens with zero attached hydrogens (tertiary/aromatic N) is 2. The number of fused-ring (bicyclic) bond motifs is 1. The molecule has 0 bridgehead atoms. The van der Waals surface area contributed by atoms with Gasteiger partial charge in [0.1, 0.15) is 0 Å². The van der Waals surface area contributed by atoms with E-state index in [1.165, 1.54) is 0 Å².